The van der Waals surface area contributed by atoms with Crippen LogP contribution in [0.15, 0.2) is 22.7 Å². The van der Waals surface area contributed by atoms with Crippen molar-refractivity contribution in [1.82, 2.24) is 15.5 Å². The van der Waals surface area contributed by atoms with Crippen LogP contribution in [0.25, 0.3) is 0 Å². The van der Waals surface area contributed by atoms with Crippen LogP contribution in [0.3, 0.4) is 0 Å². The van der Waals surface area contributed by atoms with Crippen LogP contribution < -0.4 is 14.8 Å². The SMILES string of the molecule is COc1cc(CNC[C@@H](C)O)ccc1OCc1nc(C)no1. The van der Waals surface area contributed by atoms with Crippen molar-refractivity contribution < 1.29 is 19.1 Å². The van der Waals surface area contributed by atoms with Crippen LogP contribution in [0, 0.1) is 6.92 Å². The van der Waals surface area contributed by atoms with Crippen LogP contribution in [0.4, 0.5) is 0 Å². The standard InChI is InChI=1S/C15H21N3O4/c1-10(19)7-16-8-12-4-5-13(14(6-12)20-3)21-9-15-17-11(2)18-22-15/h4-6,10,16,19H,7-9H2,1-3H3/t10-/m1/s1. The molecule has 120 valence electrons. The maximum absolute atomic E-state index is 9.23. The fraction of sp³-hybridized carbons (Fsp3) is 0.467. The summed E-state index contributed by atoms with van der Waals surface area (Å²) < 4.78 is 16.0. The first-order valence-corrected chi connectivity index (χ1v) is 7.06. The number of rotatable bonds is 8. The smallest absolute Gasteiger partial charge is 0.264 e. The number of methoxy groups -OCH3 is 1. The highest BCUT2D eigenvalue weighted by atomic mass is 16.5. The van der Waals surface area contributed by atoms with E-state index < -0.39 is 0 Å². The number of benzene rings is 1. The highest BCUT2D eigenvalue weighted by Gasteiger charge is 2.09. The minimum Gasteiger partial charge on any atom is -0.493 e. The highest BCUT2D eigenvalue weighted by Crippen LogP contribution is 2.28. The van der Waals surface area contributed by atoms with Crippen LogP contribution in [0.5, 0.6) is 11.5 Å². The van der Waals surface area contributed by atoms with Gasteiger partial charge in [0.1, 0.15) is 0 Å². The molecule has 0 aliphatic rings. The molecular formula is C15H21N3O4. The first kappa shape index (κ1) is 16.3. The van der Waals surface area contributed by atoms with Gasteiger partial charge in [-0.25, -0.2) is 0 Å². The zero-order valence-corrected chi connectivity index (χ0v) is 13.0. The molecule has 2 aromatic rings. The zero-order valence-electron chi connectivity index (χ0n) is 13.0. The quantitative estimate of drug-likeness (QED) is 0.762. The lowest BCUT2D eigenvalue weighted by molar-refractivity contribution is 0.191. The second kappa shape index (κ2) is 7.77. The Labute approximate surface area is 129 Å². The fourth-order valence-electron chi connectivity index (χ4n) is 1.90. The Bertz CT molecular complexity index is 598. The molecule has 0 aliphatic heterocycles. The van der Waals surface area contributed by atoms with Crippen LogP contribution >= 0.6 is 0 Å². The van der Waals surface area contributed by atoms with Gasteiger partial charge >= 0.3 is 0 Å². The van der Waals surface area contributed by atoms with Gasteiger partial charge in [-0.1, -0.05) is 11.2 Å². The Hall–Kier alpha value is -2.12. The average Bonchev–Trinajstić information content (AvgIpc) is 2.91. The largest absolute Gasteiger partial charge is 0.493 e. The maximum atomic E-state index is 9.23. The number of nitrogens with zero attached hydrogens (tertiary/aromatic N) is 2. The van der Waals surface area contributed by atoms with Gasteiger partial charge in [-0.2, -0.15) is 4.98 Å². The predicted octanol–water partition coefficient (Wildman–Crippen LogP) is 1.44. The number of ether oxygens (including phenoxy) is 2. The van der Waals surface area contributed by atoms with Crippen molar-refractivity contribution >= 4 is 0 Å². The molecule has 1 atom stereocenters. The number of aliphatic hydroxyl groups excluding tert-OH is 1. The number of hydrogen-bond donors (Lipinski definition) is 2. The minimum atomic E-state index is -0.373. The Morgan fingerprint density at radius 2 is 2.18 bits per heavy atom. The van der Waals surface area contributed by atoms with Crippen molar-refractivity contribution in [2.45, 2.75) is 33.1 Å². The third kappa shape index (κ3) is 4.71. The summed E-state index contributed by atoms with van der Waals surface area (Å²) in [4.78, 5) is 4.08. The van der Waals surface area contributed by atoms with E-state index >= 15 is 0 Å². The Balaban J connectivity index is 1.96. The molecule has 0 amide bonds. The number of aryl methyl sites for hydroxylation is 1. The molecule has 0 unspecified atom stereocenters. The van der Waals surface area contributed by atoms with Crippen molar-refractivity contribution in [2.24, 2.45) is 0 Å². The van der Waals surface area contributed by atoms with Crippen molar-refractivity contribution in [1.29, 1.82) is 0 Å². The van der Waals surface area contributed by atoms with Crippen molar-refractivity contribution in [3.8, 4) is 11.5 Å². The lowest BCUT2D eigenvalue weighted by Crippen LogP contribution is -2.23. The zero-order chi connectivity index (χ0) is 15.9. The molecule has 2 rings (SSSR count). The van der Waals surface area contributed by atoms with Crippen LogP contribution in [0.1, 0.15) is 24.2 Å². The van der Waals surface area contributed by atoms with Crippen molar-refractivity contribution in [3.05, 3.63) is 35.5 Å². The lowest BCUT2D eigenvalue weighted by atomic mass is 10.2. The van der Waals surface area contributed by atoms with Gasteiger partial charge in [0.2, 0.25) is 0 Å². The summed E-state index contributed by atoms with van der Waals surface area (Å²) in [6, 6.07) is 5.66. The van der Waals surface area contributed by atoms with Gasteiger partial charge in [-0.05, 0) is 31.5 Å². The van der Waals surface area contributed by atoms with Gasteiger partial charge in [0.15, 0.2) is 23.9 Å². The van der Waals surface area contributed by atoms with Crippen molar-refractivity contribution in [3.63, 3.8) is 0 Å². The fourth-order valence-corrected chi connectivity index (χ4v) is 1.90. The van der Waals surface area contributed by atoms with Gasteiger partial charge in [-0.15, -0.1) is 0 Å². The first-order valence-electron chi connectivity index (χ1n) is 7.06. The third-order valence-electron chi connectivity index (χ3n) is 2.92. The first-order chi connectivity index (χ1) is 10.6. The summed E-state index contributed by atoms with van der Waals surface area (Å²) in [5.74, 6) is 2.23. The Kier molecular flexibility index (Phi) is 5.74. The number of nitrogens with one attached hydrogen (secondary N) is 1. The van der Waals surface area contributed by atoms with E-state index in [-0.39, 0.29) is 12.7 Å². The molecule has 0 fully saturated rings. The molecule has 1 heterocycles. The molecule has 0 saturated carbocycles. The molecule has 22 heavy (non-hydrogen) atoms. The van der Waals surface area contributed by atoms with E-state index in [4.69, 9.17) is 14.0 Å². The molecule has 0 saturated heterocycles. The summed E-state index contributed by atoms with van der Waals surface area (Å²) in [5, 5.41) is 16.1. The van der Waals surface area contributed by atoms with E-state index in [1.807, 2.05) is 18.2 Å². The molecular weight excluding hydrogens is 286 g/mol. The molecule has 2 N–H and O–H groups in total. The number of aromatic nitrogens is 2. The summed E-state index contributed by atoms with van der Waals surface area (Å²) >= 11 is 0. The van der Waals surface area contributed by atoms with Gasteiger partial charge in [-0.3, -0.25) is 0 Å². The molecule has 0 spiro atoms. The van der Waals surface area contributed by atoms with Crippen LogP contribution in [0.2, 0.25) is 0 Å². The molecule has 7 heteroatoms. The van der Waals surface area contributed by atoms with Gasteiger partial charge < -0.3 is 24.4 Å². The van der Waals surface area contributed by atoms with E-state index in [0.717, 1.165) is 5.56 Å². The number of aliphatic hydroxyl groups is 1. The Morgan fingerprint density at radius 1 is 1.36 bits per heavy atom. The molecule has 1 aromatic carbocycles. The number of hydrogen-bond acceptors (Lipinski definition) is 7. The normalized spacial score (nSPS) is 12.2. The van der Waals surface area contributed by atoms with E-state index in [1.165, 1.54) is 0 Å². The summed E-state index contributed by atoms with van der Waals surface area (Å²) in [6.07, 6.45) is -0.373. The van der Waals surface area contributed by atoms with E-state index in [1.54, 1.807) is 21.0 Å². The molecule has 7 nitrogen and oxygen atoms in total. The second-order valence-corrected chi connectivity index (χ2v) is 4.99. The monoisotopic (exact) mass is 307 g/mol. The maximum Gasteiger partial charge on any atom is 0.264 e. The highest BCUT2D eigenvalue weighted by molar-refractivity contribution is 5.42. The molecule has 0 radical (unpaired) electrons. The lowest BCUT2D eigenvalue weighted by Gasteiger charge is -2.12. The third-order valence-corrected chi connectivity index (χ3v) is 2.92. The second-order valence-electron chi connectivity index (χ2n) is 4.99. The molecule has 0 aliphatic carbocycles. The van der Waals surface area contributed by atoms with Crippen molar-refractivity contribution in [2.75, 3.05) is 13.7 Å². The van der Waals surface area contributed by atoms with Gasteiger partial charge in [0, 0.05) is 13.1 Å². The summed E-state index contributed by atoms with van der Waals surface area (Å²) in [5.41, 5.74) is 1.04. The summed E-state index contributed by atoms with van der Waals surface area (Å²) in [7, 11) is 1.59. The van der Waals surface area contributed by atoms with E-state index in [9.17, 15) is 5.11 Å². The topological polar surface area (TPSA) is 89.6 Å². The Morgan fingerprint density at radius 3 is 2.82 bits per heavy atom. The minimum absolute atomic E-state index is 0.191. The van der Waals surface area contributed by atoms with E-state index in [0.29, 0.717) is 36.3 Å². The van der Waals surface area contributed by atoms with Gasteiger partial charge in [0.25, 0.3) is 5.89 Å². The average molecular weight is 307 g/mol. The van der Waals surface area contributed by atoms with E-state index in [2.05, 4.69) is 15.5 Å². The molecule has 1 aromatic heterocycles. The summed E-state index contributed by atoms with van der Waals surface area (Å²) in [6.45, 7) is 4.87. The van der Waals surface area contributed by atoms with Crippen LogP contribution in [-0.4, -0.2) is 35.0 Å². The van der Waals surface area contributed by atoms with Crippen LogP contribution in [-0.2, 0) is 13.2 Å². The predicted molar refractivity (Wildman–Crippen MR) is 79.7 cm³/mol. The van der Waals surface area contributed by atoms with Gasteiger partial charge in [0.05, 0.1) is 13.2 Å². The molecule has 0 bridgehead atoms.